The van der Waals surface area contributed by atoms with Gasteiger partial charge in [-0.1, -0.05) is 0 Å². The highest BCUT2D eigenvalue weighted by molar-refractivity contribution is 5.89. The van der Waals surface area contributed by atoms with Gasteiger partial charge < -0.3 is 15.3 Å². The molecule has 2 atom stereocenters. The fourth-order valence-electron chi connectivity index (χ4n) is 2.74. The molecule has 126 valence electrons. The van der Waals surface area contributed by atoms with Crippen LogP contribution in [0.2, 0.25) is 0 Å². The molecule has 0 aromatic heterocycles. The molecule has 0 radical (unpaired) electrons. The number of non-ortho nitro benzene ring substituents is 1. The van der Waals surface area contributed by atoms with Gasteiger partial charge >= 0.3 is 6.03 Å². The van der Waals surface area contributed by atoms with E-state index >= 15 is 0 Å². The highest BCUT2D eigenvalue weighted by Gasteiger charge is 2.27. The summed E-state index contributed by atoms with van der Waals surface area (Å²) in [6.45, 7) is 6.30. The van der Waals surface area contributed by atoms with Gasteiger partial charge in [-0.15, -0.1) is 0 Å². The molecule has 8 nitrogen and oxygen atoms in total. The summed E-state index contributed by atoms with van der Waals surface area (Å²) in [6, 6.07) is 5.57. The standard InChI is InChI=1S/C15H22N4O4/c1-11-9-17(10-12(2)20)7-8-18(11)15(21)16-13-3-5-14(6-4-13)19(22)23/h3-6,11-12,20H,7-10H2,1-2H3,(H,16,21)/t11-,12+/m0/s1. The van der Waals surface area contributed by atoms with E-state index in [1.807, 2.05) is 6.92 Å². The Labute approximate surface area is 134 Å². The second-order valence-electron chi connectivity index (χ2n) is 5.89. The molecule has 0 unspecified atom stereocenters. The third-order valence-electron chi connectivity index (χ3n) is 3.82. The van der Waals surface area contributed by atoms with Crippen LogP contribution < -0.4 is 5.32 Å². The SMILES string of the molecule is C[C@@H](O)CN1CCN(C(=O)Nc2ccc([N+](=O)[O-])cc2)[C@@H](C)C1. The summed E-state index contributed by atoms with van der Waals surface area (Å²) < 4.78 is 0. The first-order valence-electron chi connectivity index (χ1n) is 7.59. The summed E-state index contributed by atoms with van der Waals surface area (Å²) in [4.78, 5) is 26.3. The van der Waals surface area contributed by atoms with Crippen molar-refractivity contribution in [3.8, 4) is 0 Å². The molecular formula is C15H22N4O4. The molecule has 0 aliphatic carbocycles. The van der Waals surface area contributed by atoms with Gasteiger partial charge in [-0.25, -0.2) is 4.79 Å². The molecule has 2 N–H and O–H groups in total. The van der Waals surface area contributed by atoms with Gasteiger partial charge in [-0.3, -0.25) is 15.0 Å². The highest BCUT2D eigenvalue weighted by Crippen LogP contribution is 2.17. The number of carbonyl (C=O) groups is 1. The maximum Gasteiger partial charge on any atom is 0.322 e. The normalized spacial score (nSPS) is 20.1. The van der Waals surface area contributed by atoms with Crippen LogP contribution in [0, 0.1) is 10.1 Å². The molecule has 1 fully saturated rings. The highest BCUT2D eigenvalue weighted by atomic mass is 16.6. The van der Waals surface area contributed by atoms with Crippen molar-refractivity contribution < 1.29 is 14.8 Å². The molecule has 0 bridgehead atoms. The van der Waals surface area contributed by atoms with Gasteiger partial charge in [0.25, 0.3) is 5.69 Å². The number of carbonyl (C=O) groups excluding carboxylic acids is 1. The van der Waals surface area contributed by atoms with Crippen molar-refractivity contribution in [2.24, 2.45) is 0 Å². The molecule has 1 saturated heterocycles. The number of amides is 2. The largest absolute Gasteiger partial charge is 0.392 e. The average Bonchev–Trinajstić information content (AvgIpc) is 2.47. The van der Waals surface area contributed by atoms with E-state index in [4.69, 9.17) is 0 Å². The number of nitro benzene ring substituents is 1. The lowest BCUT2D eigenvalue weighted by Crippen LogP contribution is -2.56. The van der Waals surface area contributed by atoms with Gasteiger partial charge in [0.2, 0.25) is 0 Å². The van der Waals surface area contributed by atoms with E-state index in [0.717, 1.165) is 0 Å². The molecule has 1 aromatic rings. The van der Waals surface area contributed by atoms with Crippen molar-refractivity contribution in [1.29, 1.82) is 0 Å². The number of aliphatic hydroxyl groups excluding tert-OH is 1. The Bertz CT molecular complexity index is 561. The lowest BCUT2D eigenvalue weighted by atomic mass is 10.2. The molecule has 1 aliphatic heterocycles. The van der Waals surface area contributed by atoms with Crippen LogP contribution in [0.3, 0.4) is 0 Å². The zero-order chi connectivity index (χ0) is 17.0. The lowest BCUT2D eigenvalue weighted by molar-refractivity contribution is -0.384. The number of rotatable bonds is 4. The number of hydrogen-bond donors (Lipinski definition) is 2. The van der Waals surface area contributed by atoms with Gasteiger partial charge in [0.15, 0.2) is 0 Å². The minimum atomic E-state index is -0.477. The Morgan fingerprint density at radius 3 is 2.61 bits per heavy atom. The summed E-state index contributed by atoms with van der Waals surface area (Å²) in [5.41, 5.74) is 0.516. The quantitative estimate of drug-likeness (QED) is 0.647. The minimum Gasteiger partial charge on any atom is -0.392 e. The topological polar surface area (TPSA) is 99.0 Å². The number of nitrogens with zero attached hydrogens (tertiary/aromatic N) is 3. The Hall–Kier alpha value is -2.19. The Morgan fingerprint density at radius 2 is 2.09 bits per heavy atom. The van der Waals surface area contributed by atoms with Crippen molar-refractivity contribution in [2.45, 2.75) is 26.0 Å². The van der Waals surface area contributed by atoms with E-state index in [1.54, 1.807) is 11.8 Å². The average molecular weight is 322 g/mol. The number of nitro groups is 1. The predicted molar refractivity (Wildman–Crippen MR) is 86.4 cm³/mol. The summed E-state index contributed by atoms with van der Waals surface area (Å²) >= 11 is 0. The lowest BCUT2D eigenvalue weighted by Gasteiger charge is -2.40. The molecule has 2 amide bonds. The van der Waals surface area contributed by atoms with Crippen molar-refractivity contribution in [3.63, 3.8) is 0 Å². The molecule has 0 spiro atoms. The molecule has 8 heteroatoms. The Balaban J connectivity index is 1.92. The van der Waals surface area contributed by atoms with Crippen LogP contribution >= 0.6 is 0 Å². The van der Waals surface area contributed by atoms with Crippen LogP contribution in [0.4, 0.5) is 16.2 Å². The summed E-state index contributed by atoms with van der Waals surface area (Å²) in [5, 5.41) is 22.8. The number of nitrogens with one attached hydrogen (secondary N) is 1. The molecule has 1 aliphatic rings. The van der Waals surface area contributed by atoms with Crippen molar-refractivity contribution in [2.75, 3.05) is 31.5 Å². The van der Waals surface area contributed by atoms with Crippen molar-refractivity contribution in [3.05, 3.63) is 34.4 Å². The number of urea groups is 1. The number of aliphatic hydroxyl groups is 1. The molecule has 1 heterocycles. The molecular weight excluding hydrogens is 300 g/mol. The third-order valence-corrected chi connectivity index (χ3v) is 3.82. The predicted octanol–water partition coefficient (Wildman–Crippen LogP) is 1.51. The summed E-state index contributed by atoms with van der Waals surface area (Å²) in [6.07, 6.45) is -0.386. The molecule has 1 aromatic carbocycles. The van der Waals surface area contributed by atoms with Crippen LogP contribution in [0.1, 0.15) is 13.8 Å². The smallest absolute Gasteiger partial charge is 0.322 e. The molecule has 23 heavy (non-hydrogen) atoms. The number of piperazine rings is 1. The van der Waals surface area contributed by atoms with E-state index in [2.05, 4.69) is 10.2 Å². The fraction of sp³-hybridized carbons (Fsp3) is 0.533. The van der Waals surface area contributed by atoms with Gasteiger partial charge in [0.1, 0.15) is 0 Å². The monoisotopic (exact) mass is 322 g/mol. The summed E-state index contributed by atoms with van der Waals surface area (Å²) in [7, 11) is 0. The van der Waals surface area contributed by atoms with Gasteiger partial charge in [-0.05, 0) is 26.0 Å². The maximum atomic E-state index is 12.3. The van der Waals surface area contributed by atoms with Crippen molar-refractivity contribution >= 4 is 17.4 Å². The summed E-state index contributed by atoms with van der Waals surface area (Å²) in [5.74, 6) is 0. The van der Waals surface area contributed by atoms with Crippen molar-refractivity contribution in [1.82, 2.24) is 9.80 Å². The fourth-order valence-corrected chi connectivity index (χ4v) is 2.74. The Kier molecular flexibility index (Phi) is 5.51. The van der Waals surface area contributed by atoms with E-state index in [0.29, 0.717) is 31.9 Å². The van der Waals surface area contributed by atoms with Gasteiger partial charge in [-0.2, -0.15) is 0 Å². The zero-order valence-electron chi connectivity index (χ0n) is 13.3. The first-order chi connectivity index (χ1) is 10.9. The maximum absolute atomic E-state index is 12.3. The Morgan fingerprint density at radius 1 is 1.43 bits per heavy atom. The molecule has 2 rings (SSSR count). The van der Waals surface area contributed by atoms with E-state index in [1.165, 1.54) is 24.3 Å². The van der Waals surface area contributed by atoms with Crippen LogP contribution in [-0.2, 0) is 0 Å². The first kappa shape index (κ1) is 17.2. The molecule has 0 saturated carbocycles. The number of β-amino-alcohol motifs (C(OH)–C–C–N with tert-alkyl or cyclic N) is 1. The van der Waals surface area contributed by atoms with E-state index in [9.17, 15) is 20.0 Å². The second-order valence-corrected chi connectivity index (χ2v) is 5.89. The number of anilines is 1. The number of benzene rings is 1. The zero-order valence-corrected chi connectivity index (χ0v) is 13.3. The minimum absolute atomic E-state index is 0.0110. The van der Waals surface area contributed by atoms with Crippen LogP contribution in [0.15, 0.2) is 24.3 Å². The third kappa shape index (κ3) is 4.64. The second kappa shape index (κ2) is 7.38. The van der Waals surface area contributed by atoms with E-state index in [-0.39, 0.29) is 23.9 Å². The van der Waals surface area contributed by atoms with Gasteiger partial charge in [0.05, 0.1) is 11.0 Å². The van der Waals surface area contributed by atoms with Gasteiger partial charge in [0, 0.05) is 50.0 Å². The van der Waals surface area contributed by atoms with Crippen LogP contribution in [0.25, 0.3) is 0 Å². The number of hydrogen-bond acceptors (Lipinski definition) is 5. The first-order valence-corrected chi connectivity index (χ1v) is 7.59. The van der Waals surface area contributed by atoms with Crippen LogP contribution in [0.5, 0.6) is 0 Å². The van der Waals surface area contributed by atoms with Crippen LogP contribution in [-0.4, -0.2) is 64.2 Å². The van der Waals surface area contributed by atoms with E-state index < -0.39 is 4.92 Å².